The van der Waals surface area contributed by atoms with Crippen molar-refractivity contribution in [2.24, 2.45) is 0 Å². The van der Waals surface area contributed by atoms with Crippen LogP contribution < -0.4 is 5.32 Å². The van der Waals surface area contributed by atoms with Crippen molar-refractivity contribution >= 4 is 29.0 Å². The molecule has 0 aliphatic carbocycles. The van der Waals surface area contributed by atoms with Gasteiger partial charge in [0.1, 0.15) is 0 Å². The van der Waals surface area contributed by atoms with E-state index in [-0.39, 0.29) is 23.1 Å². The number of benzene rings is 1. The van der Waals surface area contributed by atoms with Crippen molar-refractivity contribution in [1.82, 2.24) is 20.1 Å². The highest BCUT2D eigenvalue weighted by atomic mass is 32.2. The van der Waals surface area contributed by atoms with Crippen LogP contribution in [-0.2, 0) is 16.8 Å². The highest BCUT2D eigenvalue weighted by molar-refractivity contribution is 7.99. The first-order valence-electron chi connectivity index (χ1n) is 9.90. The van der Waals surface area contributed by atoms with Crippen LogP contribution in [-0.4, -0.2) is 26.4 Å². The number of hydrogen-bond acceptors (Lipinski definition) is 5. The fraction of sp³-hybridized carbons (Fsp3) is 0.348. The van der Waals surface area contributed by atoms with Crippen molar-refractivity contribution in [2.45, 2.75) is 50.9 Å². The third kappa shape index (κ3) is 5.40. The predicted molar refractivity (Wildman–Crippen MR) is 126 cm³/mol. The first-order chi connectivity index (χ1) is 14.3. The number of nitrogens with zero attached hydrogens (tertiary/aromatic N) is 3. The van der Waals surface area contributed by atoms with Crippen LogP contribution in [0, 0.1) is 0 Å². The van der Waals surface area contributed by atoms with Gasteiger partial charge in [-0.05, 0) is 29.3 Å². The molecular weight excluding hydrogens is 412 g/mol. The molecule has 0 aliphatic rings. The number of thiophene rings is 1. The maximum atomic E-state index is 12.4. The molecule has 3 aromatic rings. The summed E-state index contributed by atoms with van der Waals surface area (Å²) < 4.78 is 2.00. The Balaban J connectivity index is 1.71. The lowest BCUT2D eigenvalue weighted by molar-refractivity contribution is -0.119. The van der Waals surface area contributed by atoms with E-state index in [2.05, 4.69) is 67.1 Å². The van der Waals surface area contributed by atoms with Crippen molar-refractivity contribution < 1.29 is 4.79 Å². The maximum Gasteiger partial charge on any atom is 0.230 e. The molecule has 0 fully saturated rings. The summed E-state index contributed by atoms with van der Waals surface area (Å²) in [4.78, 5) is 13.5. The van der Waals surface area contributed by atoms with Crippen LogP contribution in [0.5, 0.6) is 0 Å². The zero-order chi connectivity index (χ0) is 21.7. The van der Waals surface area contributed by atoms with E-state index in [0.717, 1.165) is 16.3 Å². The zero-order valence-corrected chi connectivity index (χ0v) is 19.5. The average molecular weight is 441 g/mol. The molecule has 0 radical (unpaired) electrons. The van der Waals surface area contributed by atoms with E-state index in [1.807, 2.05) is 35.1 Å². The standard InChI is InChI=1S/C23H28N4OS2/c1-6-13-27-21(17-9-11-18(12-10-17)23(3,4)5)25-26-22(27)30-15-20(28)24-16(2)19-8-7-14-29-19/h6-12,14,16H,1,13,15H2,2-5H3,(H,24,28). The minimum Gasteiger partial charge on any atom is -0.348 e. The molecule has 5 nitrogen and oxygen atoms in total. The SMILES string of the molecule is C=CCn1c(SCC(=O)NC(C)c2cccs2)nnc1-c1ccc(C(C)(C)C)cc1. The summed E-state index contributed by atoms with van der Waals surface area (Å²) in [7, 11) is 0. The third-order valence-electron chi connectivity index (χ3n) is 4.72. The summed E-state index contributed by atoms with van der Waals surface area (Å²) in [6.07, 6.45) is 1.82. The Labute approximate surface area is 186 Å². The number of thioether (sulfide) groups is 1. The second kappa shape index (κ2) is 9.62. The van der Waals surface area contributed by atoms with Crippen LogP contribution in [0.3, 0.4) is 0 Å². The molecule has 158 valence electrons. The van der Waals surface area contributed by atoms with E-state index in [4.69, 9.17) is 0 Å². The van der Waals surface area contributed by atoms with Gasteiger partial charge in [0, 0.05) is 17.0 Å². The molecule has 0 saturated heterocycles. The molecule has 2 heterocycles. The molecule has 1 N–H and O–H groups in total. The predicted octanol–water partition coefficient (Wildman–Crippen LogP) is 5.46. The van der Waals surface area contributed by atoms with E-state index >= 15 is 0 Å². The summed E-state index contributed by atoms with van der Waals surface area (Å²) in [6, 6.07) is 12.4. The normalized spacial score (nSPS) is 12.5. The first-order valence-corrected chi connectivity index (χ1v) is 11.8. The van der Waals surface area contributed by atoms with Gasteiger partial charge in [-0.3, -0.25) is 9.36 Å². The Morgan fingerprint density at radius 1 is 1.27 bits per heavy atom. The molecule has 0 bridgehead atoms. The van der Waals surface area contributed by atoms with E-state index < -0.39 is 0 Å². The number of rotatable bonds is 8. The van der Waals surface area contributed by atoms with Crippen molar-refractivity contribution in [3.63, 3.8) is 0 Å². The van der Waals surface area contributed by atoms with Crippen LogP contribution in [0.4, 0.5) is 0 Å². The Hall–Kier alpha value is -2.38. The molecule has 7 heteroatoms. The summed E-state index contributed by atoms with van der Waals surface area (Å²) in [5.74, 6) is 1.05. The van der Waals surface area contributed by atoms with Crippen molar-refractivity contribution in [1.29, 1.82) is 0 Å². The van der Waals surface area contributed by atoms with Gasteiger partial charge in [0.2, 0.25) is 5.91 Å². The molecule has 0 saturated carbocycles. The lowest BCUT2D eigenvalue weighted by Crippen LogP contribution is -2.27. The van der Waals surface area contributed by atoms with Crippen molar-refractivity contribution in [3.8, 4) is 11.4 Å². The second-order valence-corrected chi connectivity index (χ2v) is 10.0. The largest absolute Gasteiger partial charge is 0.348 e. The minimum atomic E-state index is -0.0230. The van der Waals surface area contributed by atoms with E-state index in [0.29, 0.717) is 11.7 Å². The molecule has 0 spiro atoms. The number of amides is 1. The van der Waals surface area contributed by atoms with E-state index in [9.17, 15) is 4.79 Å². The highest BCUT2D eigenvalue weighted by Gasteiger charge is 2.18. The molecule has 3 rings (SSSR count). The topological polar surface area (TPSA) is 59.8 Å². The van der Waals surface area contributed by atoms with Crippen molar-refractivity contribution in [3.05, 3.63) is 64.9 Å². The Bertz CT molecular complexity index is 985. The van der Waals surface area contributed by atoms with Crippen LogP contribution >= 0.6 is 23.1 Å². The number of nitrogens with one attached hydrogen (secondary N) is 1. The fourth-order valence-electron chi connectivity index (χ4n) is 3.04. The number of carbonyl (C=O) groups is 1. The molecule has 30 heavy (non-hydrogen) atoms. The van der Waals surface area contributed by atoms with Gasteiger partial charge in [0.15, 0.2) is 11.0 Å². The molecular formula is C23H28N4OS2. The van der Waals surface area contributed by atoms with Crippen LogP contribution in [0.15, 0.2) is 59.6 Å². The van der Waals surface area contributed by atoms with Gasteiger partial charge in [-0.1, -0.05) is 68.9 Å². The zero-order valence-electron chi connectivity index (χ0n) is 17.9. The highest BCUT2D eigenvalue weighted by Crippen LogP contribution is 2.28. The summed E-state index contributed by atoms with van der Waals surface area (Å²) >= 11 is 3.03. The summed E-state index contributed by atoms with van der Waals surface area (Å²) in [5, 5.41) is 14.5. The molecule has 1 atom stereocenters. The second-order valence-electron chi connectivity index (χ2n) is 8.13. The average Bonchev–Trinajstić information content (AvgIpc) is 3.37. The van der Waals surface area contributed by atoms with Gasteiger partial charge in [-0.2, -0.15) is 0 Å². The van der Waals surface area contributed by atoms with Gasteiger partial charge in [0.25, 0.3) is 0 Å². The first kappa shape index (κ1) is 22.3. The monoisotopic (exact) mass is 440 g/mol. The van der Waals surface area contributed by atoms with Gasteiger partial charge >= 0.3 is 0 Å². The maximum absolute atomic E-state index is 12.4. The van der Waals surface area contributed by atoms with Gasteiger partial charge in [-0.25, -0.2) is 0 Å². The van der Waals surface area contributed by atoms with E-state index in [1.54, 1.807) is 11.3 Å². The number of allylic oxidation sites excluding steroid dienone is 1. The quantitative estimate of drug-likeness (QED) is 0.373. The third-order valence-corrected chi connectivity index (χ3v) is 6.74. The van der Waals surface area contributed by atoms with Gasteiger partial charge in [0.05, 0.1) is 11.8 Å². The minimum absolute atomic E-state index is 0.000960. The molecule has 0 aliphatic heterocycles. The number of hydrogen-bond donors (Lipinski definition) is 1. The fourth-order valence-corrected chi connectivity index (χ4v) is 4.54. The lowest BCUT2D eigenvalue weighted by atomic mass is 9.87. The molecule has 2 aromatic heterocycles. The summed E-state index contributed by atoms with van der Waals surface area (Å²) in [6.45, 7) is 13.0. The Morgan fingerprint density at radius 3 is 2.60 bits per heavy atom. The van der Waals surface area contributed by atoms with Crippen LogP contribution in [0.1, 0.15) is 44.2 Å². The van der Waals surface area contributed by atoms with E-state index in [1.165, 1.54) is 17.3 Å². The smallest absolute Gasteiger partial charge is 0.230 e. The molecule has 1 aromatic carbocycles. The molecule has 1 unspecified atom stereocenters. The molecule has 1 amide bonds. The number of aromatic nitrogens is 3. The van der Waals surface area contributed by atoms with Gasteiger partial charge in [-0.15, -0.1) is 28.1 Å². The van der Waals surface area contributed by atoms with Crippen LogP contribution in [0.2, 0.25) is 0 Å². The number of carbonyl (C=O) groups excluding carboxylic acids is 1. The Kier molecular flexibility index (Phi) is 7.15. The van der Waals surface area contributed by atoms with Crippen LogP contribution in [0.25, 0.3) is 11.4 Å². The van der Waals surface area contributed by atoms with Crippen molar-refractivity contribution in [2.75, 3.05) is 5.75 Å². The Morgan fingerprint density at radius 2 is 2.00 bits per heavy atom. The lowest BCUT2D eigenvalue weighted by Gasteiger charge is -2.19. The van der Waals surface area contributed by atoms with Gasteiger partial charge < -0.3 is 5.32 Å². The summed E-state index contributed by atoms with van der Waals surface area (Å²) in [5.41, 5.74) is 2.37.